The van der Waals surface area contributed by atoms with E-state index in [0.717, 1.165) is 0 Å². The van der Waals surface area contributed by atoms with E-state index in [1.165, 1.54) is 13.2 Å². The molecule has 1 aromatic heterocycles. The van der Waals surface area contributed by atoms with E-state index in [1.54, 1.807) is 0 Å². The van der Waals surface area contributed by atoms with Crippen LogP contribution >= 0.6 is 0 Å². The largest absolute Gasteiger partial charge is 0.479 e. The molecule has 0 radical (unpaired) electrons. The maximum Gasteiger partial charge on any atom is 0.263 e. The molecule has 0 aromatic carbocycles. The molecule has 1 atom stereocenters. The lowest BCUT2D eigenvalue weighted by molar-refractivity contribution is 0.0819. The van der Waals surface area contributed by atoms with Crippen molar-refractivity contribution in [2.75, 3.05) is 13.7 Å². The molecule has 0 spiro atoms. The molecule has 2 rings (SSSR count). The molecule has 1 aromatic rings. The zero-order valence-corrected chi connectivity index (χ0v) is 7.59. The summed E-state index contributed by atoms with van der Waals surface area (Å²) in [4.78, 5) is 0. The van der Waals surface area contributed by atoms with Gasteiger partial charge in [-0.3, -0.25) is 0 Å². The molecule has 1 aliphatic carbocycles. The van der Waals surface area contributed by atoms with Gasteiger partial charge in [0.25, 0.3) is 11.8 Å². The number of rotatable bonds is 3. The van der Waals surface area contributed by atoms with Crippen molar-refractivity contribution in [2.24, 2.45) is 5.73 Å². The quantitative estimate of drug-likeness (QED) is 0.795. The highest BCUT2D eigenvalue weighted by atomic mass is 19.3. The molecule has 1 heterocycles. The van der Waals surface area contributed by atoms with Crippen molar-refractivity contribution in [3.63, 3.8) is 0 Å². The Morgan fingerprint density at radius 1 is 1.71 bits per heavy atom. The van der Waals surface area contributed by atoms with Gasteiger partial charge in [-0.25, -0.2) is 8.78 Å². The first-order chi connectivity index (χ1) is 6.55. The molecule has 4 nitrogen and oxygen atoms in total. The van der Waals surface area contributed by atoms with Gasteiger partial charge in [0.05, 0.1) is 7.11 Å². The summed E-state index contributed by atoms with van der Waals surface area (Å²) in [6.07, 6.45) is -0.283. The van der Waals surface area contributed by atoms with E-state index in [2.05, 4.69) is 5.16 Å². The number of hydrogen-bond donors (Lipinski definition) is 1. The highest BCUT2D eigenvalue weighted by Crippen LogP contribution is 2.61. The monoisotopic (exact) mass is 204 g/mol. The van der Waals surface area contributed by atoms with Crippen molar-refractivity contribution in [1.29, 1.82) is 0 Å². The van der Waals surface area contributed by atoms with Gasteiger partial charge in [0, 0.05) is 19.0 Å². The van der Waals surface area contributed by atoms with E-state index in [1.807, 2.05) is 0 Å². The van der Waals surface area contributed by atoms with Crippen molar-refractivity contribution >= 4 is 0 Å². The van der Waals surface area contributed by atoms with E-state index < -0.39 is 11.3 Å². The van der Waals surface area contributed by atoms with E-state index >= 15 is 0 Å². The Balaban J connectivity index is 2.31. The van der Waals surface area contributed by atoms with Crippen LogP contribution in [0, 0.1) is 0 Å². The summed E-state index contributed by atoms with van der Waals surface area (Å²) < 4.78 is 35.6. The van der Waals surface area contributed by atoms with Crippen molar-refractivity contribution in [3.8, 4) is 5.88 Å². The summed E-state index contributed by atoms with van der Waals surface area (Å²) in [5.74, 6) is -2.50. The van der Waals surface area contributed by atoms with Gasteiger partial charge in [-0.05, 0) is 5.16 Å². The van der Waals surface area contributed by atoms with Crippen molar-refractivity contribution in [1.82, 2.24) is 5.16 Å². The predicted octanol–water partition coefficient (Wildman–Crippen LogP) is 0.919. The Hall–Kier alpha value is -1.17. The highest BCUT2D eigenvalue weighted by Gasteiger charge is 2.73. The van der Waals surface area contributed by atoms with Gasteiger partial charge in [0.2, 0.25) is 0 Å². The van der Waals surface area contributed by atoms with Crippen LogP contribution in [0.5, 0.6) is 5.88 Å². The number of methoxy groups -OCH3 is 1. The zero-order chi connectivity index (χ0) is 10.4. The summed E-state index contributed by atoms with van der Waals surface area (Å²) in [6, 6.07) is 1.35. The molecule has 2 N–H and O–H groups in total. The molecule has 1 aliphatic rings. The molecule has 0 amide bonds. The third-order valence-corrected chi connectivity index (χ3v) is 2.62. The molecular formula is C8H10F2N2O2. The van der Waals surface area contributed by atoms with Crippen LogP contribution in [0.2, 0.25) is 0 Å². The third-order valence-electron chi connectivity index (χ3n) is 2.62. The second-order valence-electron chi connectivity index (χ2n) is 3.40. The van der Waals surface area contributed by atoms with Crippen LogP contribution in [0.25, 0.3) is 0 Å². The second kappa shape index (κ2) is 2.66. The second-order valence-corrected chi connectivity index (χ2v) is 3.40. The van der Waals surface area contributed by atoms with Crippen LogP contribution in [0.1, 0.15) is 12.2 Å². The summed E-state index contributed by atoms with van der Waals surface area (Å²) >= 11 is 0. The Labute approximate surface area is 79.0 Å². The number of halogens is 2. The molecule has 0 bridgehead atoms. The van der Waals surface area contributed by atoms with Crippen LogP contribution in [-0.2, 0) is 5.41 Å². The van der Waals surface area contributed by atoms with Gasteiger partial charge >= 0.3 is 0 Å². The molecular weight excluding hydrogens is 194 g/mol. The fourth-order valence-electron chi connectivity index (χ4n) is 1.50. The van der Waals surface area contributed by atoms with Crippen LogP contribution in [0.4, 0.5) is 8.78 Å². The number of alkyl halides is 2. The van der Waals surface area contributed by atoms with Gasteiger partial charge in [0.15, 0.2) is 5.76 Å². The Bertz CT molecular complexity index is 353. The van der Waals surface area contributed by atoms with Gasteiger partial charge in [-0.2, -0.15) is 0 Å². The minimum atomic E-state index is -2.79. The van der Waals surface area contributed by atoms with Crippen molar-refractivity contribution in [3.05, 3.63) is 11.8 Å². The van der Waals surface area contributed by atoms with Crippen LogP contribution in [0.3, 0.4) is 0 Å². The lowest BCUT2D eigenvalue weighted by atomic mass is 10.0. The number of nitrogens with zero attached hydrogens (tertiary/aromatic N) is 1. The first kappa shape index (κ1) is 9.39. The summed E-state index contributed by atoms with van der Waals surface area (Å²) in [7, 11) is 1.39. The minimum Gasteiger partial charge on any atom is -0.479 e. The summed E-state index contributed by atoms with van der Waals surface area (Å²) in [5, 5.41) is 3.47. The van der Waals surface area contributed by atoms with Crippen LogP contribution < -0.4 is 10.5 Å². The maximum absolute atomic E-state index is 13.0. The number of ether oxygens (including phenoxy) is 1. The average molecular weight is 204 g/mol. The SMILES string of the molecule is COc1cc(C2(CN)CC2(F)F)on1. The third kappa shape index (κ3) is 1.03. The Morgan fingerprint density at radius 2 is 2.36 bits per heavy atom. The fraction of sp³-hybridized carbons (Fsp3) is 0.625. The van der Waals surface area contributed by atoms with Gasteiger partial charge in [-0.1, -0.05) is 0 Å². The molecule has 1 fully saturated rings. The fourth-order valence-corrected chi connectivity index (χ4v) is 1.50. The molecule has 0 saturated heterocycles. The summed E-state index contributed by atoms with van der Waals surface area (Å²) in [6.45, 7) is -0.154. The van der Waals surface area contributed by atoms with Gasteiger partial charge in [-0.15, -0.1) is 0 Å². The maximum atomic E-state index is 13.0. The molecule has 1 unspecified atom stereocenters. The summed E-state index contributed by atoms with van der Waals surface area (Å²) in [5.41, 5.74) is 3.95. The lowest BCUT2D eigenvalue weighted by Gasteiger charge is -2.07. The standard InChI is InChI=1S/C8H10F2N2O2/c1-13-6-2-5(14-12-6)7(4-11)3-8(7,9)10/h2H,3-4,11H2,1H3. The molecule has 78 valence electrons. The van der Waals surface area contributed by atoms with Crippen LogP contribution in [-0.4, -0.2) is 24.7 Å². The Morgan fingerprint density at radius 3 is 2.71 bits per heavy atom. The highest BCUT2D eigenvalue weighted by molar-refractivity contribution is 5.33. The van der Waals surface area contributed by atoms with E-state index in [4.69, 9.17) is 15.0 Å². The number of hydrogen-bond acceptors (Lipinski definition) is 4. The van der Waals surface area contributed by atoms with Gasteiger partial charge in [0.1, 0.15) is 5.41 Å². The molecule has 0 aliphatic heterocycles. The minimum absolute atomic E-state index is 0.0989. The normalized spacial score (nSPS) is 28.9. The number of aromatic nitrogens is 1. The van der Waals surface area contributed by atoms with Gasteiger partial charge < -0.3 is 15.0 Å². The molecule has 6 heteroatoms. The van der Waals surface area contributed by atoms with E-state index in [0.29, 0.717) is 0 Å². The lowest BCUT2D eigenvalue weighted by Crippen LogP contribution is -2.26. The van der Waals surface area contributed by atoms with E-state index in [9.17, 15) is 8.78 Å². The average Bonchev–Trinajstić information content (AvgIpc) is 2.57. The van der Waals surface area contributed by atoms with Crippen molar-refractivity contribution < 1.29 is 18.0 Å². The molecule has 14 heavy (non-hydrogen) atoms. The molecule has 1 saturated carbocycles. The first-order valence-electron chi connectivity index (χ1n) is 4.15. The van der Waals surface area contributed by atoms with E-state index in [-0.39, 0.29) is 24.6 Å². The smallest absolute Gasteiger partial charge is 0.263 e. The first-order valence-corrected chi connectivity index (χ1v) is 4.15. The predicted molar refractivity (Wildman–Crippen MR) is 43.4 cm³/mol. The zero-order valence-electron chi connectivity index (χ0n) is 7.59. The Kier molecular flexibility index (Phi) is 1.79. The van der Waals surface area contributed by atoms with Crippen molar-refractivity contribution in [2.45, 2.75) is 17.8 Å². The topological polar surface area (TPSA) is 61.3 Å². The van der Waals surface area contributed by atoms with Crippen LogP contribution in [0.15, 0.2) is 10.6 Å². The number of nitrogens with two attached hydrogens (primary N) is 1.